The normalized spacial score (nSPS) is 14.0. The predicted molar refractivity (Wildman–Crippen MR) is 99.3 cm³/mol. The standard InChI is InChI=1S/C18H14Cl2FN3S/c19-12-6-8-13(9-7-12)24-17(11-4-5-11)22-23-18(24)25-10-14-15(20)2-1-3-16(14)21/h1-3,6-9,11H,4-5,10H2. The summed E-state index contributed by atoms with van der Waals surface area (Å²) in [4.78, 5) is 0. The van der Waals surface area contributed by atoms with E-state index in [0.717, 1.165) is 29.5 Å². The number of hydrogen-bond donors (Lipinski definition) is 0. The van der Waals surface area contributed by atoms with Crippen molar-refractivity contribution in [2.24, 2.45) is 0 Å². The Hall–Kier alpha value is -1.56. The Morgan fingerprint density at radius 1 is 1.08 bits per heavy atom. The van der Waals surface area contributed by atoms with E-state index in [4.69, 9.17) is 23.2 Å². The molecule has 1 aliphatic carbocycles. The molecule has 3 nitrogen and oxygen atoms in total. The van der Waals surface area contributed by atoms with Crippen LogP contribution in [0.3, 0.4) is 0 Å². The summed E-state index contributed by atoms with van der Waals surface area (Å²) in [6, 6.07) is 12.3. The lowest BCUT2D eigenvalue weighted by atomic mass is 10.2. The van der Waals surface area contributed by atoms with Crippen LogP contribution in [0.5, 0.6) is 0 Å². The van der Waals surface area contributed by atoms with Gasteiger partial charge in [-0.05, 0) is 49.2 Å². The van der Waals surface area contributed by atoms with Gasteiger partial charge in [-0.2, -0.15) is 0 Å². The number of benzene rings is 2. The molecule has 0 bridgehead atoms. The zero-order chi connectivity index (χ0) is 17.4. The molecule has 3 aromatic rings. The molecule has 25 heavy (non-hydrogen) atoms. The average molecular weight is 394 g/mol. The topological polar surface area (TPSA) is 30.7 Å². The van der Waals surface area contributed by atoms with Crippen LogP contribution in [0.2, 0.25) is 10.0 Å². The van der Waals surface area contributed by atoms with Gasteiger partial charge in [-0.1, -0.05) is 41.0 Å². The maximum absolute atomic E-state index is 14.0. The fraction of sp³-hybridized carbons (Fsp3) is 0.222. The van der Waals surface area contributed by atoms with Gasteiger partial charge in [-0.3, -0.25) is 4.57 Å². The number of aromatic nitrogens is 3. The lowest BCUT2D eigenvalue weighted by Gasteiger charge is -2.10. The number of rotatable bonds is 5. The highest BCUT2D eigenvalue weighted by Crippen LogP contribution is 2.41. The van der Waals surface area contributed by atoms with Crippen molar-refractivity contribution in [3.8, 4) is 5.69 Å². The van der Waals surface area contributed by atoms with Crippen LogP contribution in [0, 0.1) is 5.82 Å². The molecule has 0 saturated heterocycles. The van der Waals surface area contributed by atoms with Gasteiger partial charge in [0.1, 0.15) is 11.6 Å². The summed E-state index contributed by atoms with van der Waals surface area (Å²) in [5.41, 5.74) is 1.44. The fourth-order valence-electron chi connectivity index (χ4n) is 2.62. The van der Waals surface area contributed by atoms with Gasteiger partial charge in [0.05, 0.1) is 0 Å². The molecule has 0 aliphatic heterocycles. The summed E-state index contributed by atoms with van der Waals surface area (Å²) in [6.07, 6.45) is 2.24. The third-order valence-corrected chi connectivity index (χ3v) is 5.65. The summed E-state index contributed by atoms with van der Waals surface area (Å²) in [5, 5.41) is 10.5. The molecule has 7 heteroatoms. The summed E-state index contributed by atoms with van der Waals surface area (Å²) in [5.74, 6) is 1.47. The van der Waals surface area contributed by atoms with E-state index in [1.165, 1.54) is 17.8 Å². The van der Waals surface area contributed by atoms with Crippen LogP contribution >= 0.6 is 35.0 Å². The van der Waals surface area contributed by atoms with Crippen LogP contribution in [0.1, 0.15) is 30.1 Å². The number of hydrogen-bond acceptors (Lipinski definition) is 3. The lowest BCUT2D eigenvalue weighted by molar-refractivity contribution is 0.617. The van der Waals surface area contributed by atoms with Crippen LogP contribution < -0.4 is 0 Å². The zero-order valence-corrected chi connectivity index (χ0v) is 15.5. The van der Waals surface area contributed by atoms with Crippen LogP contribution in [-0.2, 0) is 5.75 Å². The maximum atomic E-state index is 14.0. The molecule has 1 aliphatic rings. The van der Waals surface area contributed by atoms with Crippen molar-refractivity contribution in [2.75, 3.05) is 0 Å². The fourth-order valence-corrected chi connectivity index (χ4v) is 4.05. The van der Waals surface area contributed by atoms with Crippen molar-refractivity contribution in [3.05, 3.63) is 69.7 Å². The van der Waals surface area contributed by atoms with Gasteiger partial charge in [0, 0.05) is 33.0 Å². The first-order chi connectivity index (χ1) is 12.1. The summed E-state index contributed by atoms with van der Waals surface area (Å²) in [6.45, 7) is 0. The summed E-state index contributed by atoms with van der Waals surface area (Å²) < 4.78 is 16.0. The third kappa shape index (κ3) is 3.54. The highest BCUT2D eigenvalue weighted by atomic mass is 35.5. The molecule has 4 rings (SSSR count). The molecular weight excluding hydrogens is 380 g/mol. The van der Waals surface area contributed by atoms with Gasteiger partial charge in [0.2, 0.25) is 0 Å². The molecule has 0 radical (unpaired) electrons. The number of thioether (sulfide) groups is 1. The van der Waals surface area contributed by atoms with E-state index in [1.807, 2.05) is 28.8 Å². The SMILES string of the molecule is Fc1cccc(Cl)c1CSc1nnc(C2CC2)n1-c1ccc(Cl)cc1. The van der Waals surface area contributed by atoms with E-state index in [1.54, 1.807) is 12.1 Å². The highest BCUT2D eigenvalue weighted by molar-refractivity contribution is 7.98. The molecule has 2 aromatic carbocycles. The van der Waals surface area contributed by atoms with E-state index in [2.05, 4.69) is 10.2 Å². The van der Waals surface area contributed by atoms with Crippen LogP contribution in [0.4, 0.5) is 4.39 Å². The number of halogens is 3. The highest BCUT2D eigenvalue weighted by Gasteiger charge is 2.31. The first kappa shape index (κ1) is 16.9. The smallest absolute Gasteiger partial charge is 0.196 e. The van der Waals surface area contributed by atoms with E-state index in [-0.39, 0.29) is 5.82 Å². The second-order valence-corrected chi connectivity index (χ2v) is 7.70. The van der Waals surface area contributed by atoms with Crippen molar-refractivity contribution in [1.29, 1.82) is 0 Å². The molecule has 1 fully saturated rings. The molecule has 0 amide bonds. The average Bonchev–Trinajstić information content (AvgIpc) is 3.36. The van der Waals surface area contributed by atoms with Crippen molar-refractivity contribution < 1.29 is 4.39 Å². The quantitative estimate of drug-likeness (QED) is 0.506. The Bertz CT molecular complexity index is 887. The minimum atomic E-state index is -0.306. The van der Waals surface area contributed by atoms with Crippen molar-refractivity contribution in [2.45, 2.75) is 29.7 Å². The van der Waals surface area contributed by atoms with Gasteiger partial charge in [0.25, 0.3) is 0 Å². The molecule has 1 aromatic heterocycles. The second kappa shape index (κ2) is 6.98. The van der Waals surface area contributed by atoms with E-state index >= 15 is 0 Å². The molecular formula is C18H14Cl2FN3S. The maximum Gasteiger partial charge on any atom is 0.196 e. The molecule has 1 heterocycles. The van der Waals surface area contributed by atoms with Gasteiger partial charge in [-0.25, -0.2) is 4.39 Å². The van der Waals surface area contributed by atoms with E-state index < -0.39 is 0 Å². The molecule has 1 saturated carbocycles. The molecule has 0 unspecified atom stereocenters. The Morgan fingerprint density at radius 3 is 2.52 bits per heavy atom. The summed E-state index contributed by atoms with van der Waals surface area (Å²) in [7, 11) is 0. The minimum absolute atomic E-state index is 0.306. The lowest BCUT2D eigenvalue weighted by Crippen LogP contribution is -2.02. The number of nitrogens with zero attached hydrogens (tertiary/aromatic N) is 3. The van der Waals surface area contributed by atoms with Crippen LogP contribution in [0.15, 0.2) is 47.6 Å². The van der Waals surface area contributed by atoms with Crippen molar-refractivity contribution in [3.63, 3.8) is 0 Å². The molecule has 0 N–H and O–H groups in total. The Labute approximate surface area is 159 Å². The van der Waals surface area contributed by atoms with Gasteiger partial charge in [-0.15, -0.1) is 10.2 Å². The first-order valence-electron chi connectivity index (χ1n) is 7.90. The van der Waals surface area contributed by atoms with Crippen molar-refractivity contribution >= 4 is 35.0 Å². The minimum Gasteiger partial charge on any atom is -0.274 e. The Kier molecular flexibility index (Phi) is 4.71. The molecule has 0 atom stereocenters. The van der Waals surface area contributed by atoms with E-state index in [0.29, 0.717) is 27.3 Å². The molecule has 128 valence electrons. The Morgan fingerprint density at radius 2 is 1.84 bits per heavy atom. The summed E-state index contributed by atoms with van der Waals surface area (Å²) >= 11 is 13.6. The molecule has 0 spiro atoms. The van der Waals surface area contributed by atoms with Gasteiger partial charge >= 0.3 is 0 Å². The second-order valence-electron chi connectivity index (χ2n) is 5.92. The van der Waals surface area contributed by atoms with Crippen LogP contribution in [0.25, 0.3) is 5.69 Å². The van der Waals surface area contributed by atoms with Gasteiger partial charge < -0.3 is 0 Å². The predicted octanol–water partition coefficient (Wildman–Crippen LogP) is 5.88. The Balaban J connectivity index is 1.67. The van der Waals surface area contributed by atoms with E-state index in [9.17, 15) is 4.39 Å². The van der Waals surface area contributed by atoms with Crippen LogP contribution in [-0.4, -0.2) is 14.8 Å². The van der Waals surface area contributed by atoms with Gasteiger partial charge in [0.15, 0.2) is 5.16 Å². The van der Waals surface area contributed by atoms with Crippen molar-refractivity contribution in [1.82, 2.24) is 14.8 Å². The zero-order valence-electron chi connectivity index (χ0n) is 13.1. The first-order valence-corrected chi connectivity index (χ1v) is 9.64. The monoisotopic (exact) mass is 393 g/mol. The largest absolute Gasteiger partial charge is 0.274 e. The third-order valence-electron chi connectivity index (χ3n) is 4.09.